The minimum Gasteiger partial charge on any atom is -0.319 e. The predicted molar refractivity (Wildman–Crippen MR) is 44.7 cm³/mol. The van der Waals surface area contributed by atoms with E-state index in [1.54, 1.807) is 30.3 Å². The van der Waals surface area contributed by atoms with Crippen molar-refractivity contribution in [2.24, 2.45) is 5.73 Å². The molecule has 0 spiro atoms. The molecule has 2 nitrogen and oxygen atoms in total. The summed E-state index contributed by atoms with van der Waals surface area (Å²) in [6, 6.07) is 7.46. The lowest BCUT2D eigenvalue weighted by molar-refractivity contribution is 0.0949. The van der Waals surface area contributed by atoms with Crippen LogP contribution in [0.25, 0.3) is 0 Å². The number of nitrogens with two attached hydrogens (primary N) is 1. The van der Waals surface area contributed by atoms with Crippen LogP contribution in [0.15, 0.2) is 30.3 Å². The average Bonchev–Trinajstić information content (AvgIpc) is 2.17. The van der Waals surface area contributed by atoms with E-state index < -0.39 is 12.7 Å². The molecule has 0 saturated carbocycles. The van der Waals surface area contributed by atoms with E-state index in [-0.39, 0.29) is 5.78 Å². The van der Waals surface area contributed by atoms with Crippen molar-refractivity contribution in [2.45, 2.75) is 6.04 Å². The Labute approximate surface area is 70.2 Å². The molecule has 12 heavy (non-hydrogen) atoms. The third-order valence-corrected chi connectivity index (χ3v) is 1.56. The highest BCUT2D eigenvalue weighted by Crippen LogP contribution is 2.02. The maximum absolute atomic E-state index is 12.0. The third-order valence-electron chi connectivity index (χ3n) is 1.56. The van der Waals surface area contributed by atoms with Crippen LogP contribution < -0.4 is 5.73 Å². The van der Waals surface area contributed by atoms with E-state index in [1.165, 1.54) is 0 Å². The number of ketones is 1. The fourth-order valence-electron chi connectivity index (χ4n) is 0.887. The summed E-state index contributed by atoms with van der Waals surface area (Å²) >= 11 is 0. The first kappa shape index (κ1) is 8.87. The number of alkyl halides is 1. The summed E-state index contributed by atoms with van der Waals surface area (Å²) in [5.41, 5.74) is 5.68. The van der Waals surface area contributed by atoms with Gasteiger partial charge < -0.3 is 5.73 Å². The van der Waals surface area contributed by atoms with Gasteiger partial charge in [-0.2, -0.15) is 0 Å². The van der Waals surface area contributed by atoms with Crippen molar-refractivity contribution < 1.29 is 9.18 Å². The molecule has 0 aromatic heterocycles. The first-order valence-electron chi connectivity index (χ1n) is 3.66. The van der Waals surface area contributed by atoms with Crippen molar-refractivity contribution in [3.8, 4) is 0 Å². The third kappa shape index (κ3) is 1.89. The van der Waals surface area contributed by atoms with E-state index in [0.29, 0.717) is 5.56 Å². The second kappa shape index (κ2) is 3.97. The number of hydrogen-bond donors (Lipinski definition) is 1. The van der Waals surface area contributed by atoms with Crippen LogP contribution in [-0.2, 0) is 0 Å². The quantitative estimate of drug-likeness (QED) is 0.686. The van der Waals surface area contributed by atoms with Gasteiger partial charge in [0, 0.05) is 5.56 Å². The Morgan fingerprint density at radius 3 is 2.50 bits per heavy atom. The van der Waals surface area contributed by atoms with Crippen molar-refractivity contribution in [2.75, 3.05) is 6.67 Å². The molecule has 0 aliphatic carbocycles. The molecule has 3 heteroatoms. The standard InChI is InChI=1S/C9H10FNO/c10-6-8(11)9(12)7-4-2-1-3-5-7/h1-5,8H,6,11H2. The van der Waals surface area contributed by atoms with Crippen LogP contribution in [0.1, 0.15) is 10.4 Å². The summed E-state index contributed by atoms with van der Waals surface area (Å²) in [5, 5.41) is 0. The number of hydrogen-bond acceptors (Lipinski definition) is 2. The number of benzene rings is 1. The highest BCUT2D eigenvalue weighted by molar-refractivity contribution is 5.99. The molecular weight excluding hydrogens is 157 g/mol. The van der Waals surface area contributed by atoms with E-state index in [9.17, 15) is 9.18 Å². The van der Waals surface area contributed by atoms with Gasteiger partial charge in [0.05, 0.1) is 6.04 Å². The Morgan fingerprint density at radius 1 is 1.42 bits per heavy atom. The van der Waals surface area contributed by atoms with Gasteiger partial charge in [-0.15, -0.1) is 0 Å². The van der Waals surface area contributed by atoms with E-state index in [4.69, 9.17) is 5.73 Å². The molecule has 1 rings (SSSR count). The van der Waals surface area contributed by atoms with Gasteiger partial charge in [0.15, 0.2) is 5.78 Å². The molecule has 1 aromatic carbocycles. The molecule has 0 bridgehead atoms. The Hall–Kier alpha value is -1.22. The van der Waals surface area contributed by atoms with Crippen molar-refractivity contribution in [1.82, 2.24) is 0 Å². The lowest BCUT2D eigenvalue weighted by Gasteiger charge is -2.04. The average molecular weight is 167 g/mol. The first-order chi connectivity index (χ1) is 5.75. The molecule has 0 fully saturated rings. The highest BCUT2D eigenvalue weighted by atomic mass is 19.1. The van der Waals surface area contributed by atoms with Crippen molar-refractivity contribution in [3.05, 3.63) is 35.9 Å². The monoisotopic (exact) mass is 167 g/mol. The van der Waals surface area contributed by atoms with Gasteiger partial charge >= 0.3 is 0 Å². The fraction of sp³-hybridized carbons (Fsp3) is 0.222. The van der Waals surface area contributed by atoms with Gasteiger partial charge in [0.2, 0.25) is 0 Å². The maximum atomic E-state index is 12.0. The van der Waals surface area contributed by atoms with Crippen LogP contribution in [0.2, 0.25) is 0 Å². The zero-order valence-corrected chi connectivity index (χ0v) is 6.53. The Kier molecular flexibility index (Phi) is 2.94. The van der Waals surface area contributed by atoms with Gasteiger partial charge in [-0.3, -0.25) is 4.79 Å². The van der Waals surface area contributed by atoms with Crippen LogP contribution in [0.4, 0.5) is 4.39 Å². The van der Waals surface area contributed by atoms with E-state index in [1.807, 2.05) is 0 Å². The second-order valence-corrected chi connectivity index (χ2v) is 2.49. The van der Waals surface area contributed by atoms with Crippen LogP contribution in [0, 0.1) is 0 Å². The Balaban J connectivity index is 2.79. The highest BCUT2D eigenvalue weighted by Gasteiger charge is 2.13. The Bertz CT molecular complexity index is 260. The predicted octanol–water partition coefficient (Wildman–Crippen LogP) is 1.17. The van der Waals surface area contributed by atoms with Gasteiger partial charge in [0.25, 0.3) is 0 Å². The van der Waals surface area contributed by atoms with Gasteiger partial charge in [-0.05, 0) is 0 Å². The topological polar surface area (TPSA) is 43.1 Å². The normalized spacial score (nSPS) is 12.5. The molecule has 2 N–H and O–H groups in total. The number of carbonyl (C=O) groups is 1. The second-order valence-electron chi connectivity index (χ2n) is 2.49. The summed E-state index contributed by atoms with van der Waals surface area (Å²) in [7, 11) is 0. The van der Waals surface area contributed by atoms with Crippen LogP contribution >= 0.6 is 0 Å². The van der Waals surface area contributed by atoms with Gasteiger partial charge in [-0.1, -0.05) is 30.3 Å². The minimum atomic E-state index is -1.02. The molecule has 0 aliphatic rings. The van der Waals surface area contributed by atoms with Crippen LogP contribution in [0.3, 0.4) is 0 Å². The first-order valence-corrected chi connectivity index (χ1v) is 3.66. The lowest BCUT2D eigenvalue weighted by Crippen LogP contribution is -2.32. The van der Waals surface area contributed by atoms with Gasteiger partial charge in [0.1, 0.15) is 6.67 Å². The molecular formula is C9H10FNO. The van der Waals surface area contributed by atoms with E-state index in [2.05, 4.69) is 0 Å². The number of rotatable bonds is 3. The van der Waals surface area contributed by atoms with E-state index in [0.717, 1.165) is 0 Å². The maximum Gasteiger partial charge on any atom is 0.182 e. The number of carbonyl (C=O) groups excluding carboxylic acids is 1. The molecule has 64 valence electrons. The molecule has 0 radical (unpaired) electrons. The number of Topliss-reactive ketones (excluding diaryl/α,β-unsaturated/α-hetero) is 1. The molecule has 1 aromatic rings. The summed E-state index contributed by atoms with van der Waals surface area (Å²) in [5.74, 6) is -0.349. The molecule has 0 heterocycles. The molecule has 0 saturated heterocycles. The summed E-state index contributed by atoms with van der Waals surface area (Å²) in [6.07, 6.45) is 0. The lowest BCUT2D eigenvalue weighted by atomic mass is 10.1. The fourth-order valence-corrected chi connectivity index (χ4v) is 0.887. The largest absolute Gasteiger partial charge is 0.319 e. The molecule has 1 unspecified atom stereocenters. The van der Waals surface area contributed by atoms with Crippen molar-refractivity contribution in [1.29, 1.82) is 0 Å². The zero-order chi connectivity index (χ0) is 8.97. The summed E-state index contributed by atoms with van der Waals surface area (Å²) in [6.45, 7) is -0.812. The van der Waals surface area contributed by atoms with Crippen LogP contribution in [0.5, 0.6) is 0 Å². The minimum absolute atomic E-state index is 0.349. The number of halogens is 1. The summed E-state index contributed by atoms with van der Waals surface area (Å²) < 4.78 is 12.0. The van der Waals surface area contributed by atoms with Gasteiger partial charge in [-0.25, -0.2) is 4.39 Å². The molecule has 1 atom stereocenters. The molecule has 0 aliphatic heterocycles. The molecule has 0 amide bonds. The van der Waals surface area contributed by atoms with Crippen molar-refractivity contribution in [3.63, 3.8) is 0 Å². The van der Waals surface area contributed by atoms with Crippen molar-refractivity contribution >= 4 is 5.78 Å². The van der Waals surface area contributed by atoms with Crippen LogP contribution in [-0.4, -0.2) is 18.5 Å². The SMILES string of the molecule is NC(CF)C(=O)c1ccccc1. The summed E-state index contributed by atoms with van der Waals surface area (Å²) in [4.78, 5) is 11.2. The smallest absolute Gasteiger partial charge is 0.182 e. The zero-order valence-electron chi connectivity index (χ0n) is 6.53. The Morgan fingerprint density at radius 2 is 2.00 bits per heavy atom. The van der Waals surface area contributed by atoms with E-state index >= 15 is 0 Å².